The minimum atomic E-state index is -0.707. The predicted molar refractivity (Wildman–Crippen MR) is 48.1 cm³/mol. The van der Waals surface area contributed by atoms with Crippen LogP contribution in [0.25, 0.3) is 0 Å². The van der Waals surface area contributed by atoms with Crippen LogP contribution in [0.4, 0.5) is 8.78 Å². The maximum Gasteiger partial charge on any atom is 0.170 e. The Morgan fingerprint density at radius 2 is 2.14 bits per heavy atom. The third-order valence-corrected chi connectivity index (χ3v) is 2.66. The molecule has 1 unspecified atom stereocenters. The van der Waals surface area contributed by atoms with Crippen molar-refractivity contribution in [2.75, 3.05) is 6.54 Å². The van der Waals surface area contributed by atoms with Crippen LogP contribution in [0, 0.1) is 18.6 Å². The number of phenolic OH excluding ortho intramolecular Hbond substituents is 1. The summed E-state index contributed by atoms with van der Waals surface area (Å²) in [5, 5.41) is 12.1. The van der Waals surface area contributed by atoms with Gasteiger partial charge in [0.15, 0.2) is 11.6 Å². The second kappa shape index (κ2) is 3.20. The van der Waals surface area contributed by atoms with Crippen LogP contribution < -0.4 is 5.32 Å². The van der Waals surface area contributed by atoms with E-state index in [0.29, 0.717) is 0 Å². The minimum Gasteiger partial charge on any atom is -0.505 e. The monoisotopic (exact) mass is 199 g/mol. The van der Waals surface area contributed by atoms with E-state index in [1.165, 1.54) is 6.92 Å². The number of benzene rings is 1. The first-order valence-corrected chi connectivity index (χ1v) is 4.52. The van der Waals surface area contributed by atoms with Crippen molar-refractivity contribution in [2.24, 2.45) is 0 Å². The molecular formula is C10H11F2NO. The quantitative estimate of drug-likeness (QED) is 0.725. The highest BCUT2D eigenvalue weighted by molar-refractivity contribution is 5.40. The summed E-state index contributed by atoms with van der Waals surface area (Å²) in [5.74, 6) is -1.88. The molecule has 1 aromatic carbocycles. The molecule has 1 atom stereocenters. The van der Waals surface area contributed by atoms with Crippen LogP contribution in [-0.4, -0.2) is 11.7 Å². The molecule has 0 bridgehead atoms. The summed E-state index contributed by atoms with van der Waals surface area (Å²) in [6, 6.07) is 0.656. The van der Waals surface area contributed by atoms with Gasteiger partial charge in [0, 0.05) is 17.7 Å². The summed E-state index contributed by atoms with van der Waals surface area (Å²) in [7, 11) is 0. The molecule has 1 fully saturated rings. The molecule has 76 valence electrons. The van der Waals surface area contributed by atoms with Crippen LogP contribution in [0.3, 0.4) is 0 Å². The highest BCUT2D eigenvalue weighted by Gasteiger charge is 2.26. The van der Waals surface area contributed by atoms with Gasteiger partial charge in [-0.2, -0.15) is 0 Å². The molecule has 2 N–H and O–H groups in total. The first-order valence-electron chi connectivity index (χ1n) is 4.52. The second-order valence-corrected chi connectivity index (χ2v) is 3.53. The predicted octanol–water partition coefficient (Wildman–Crippen LogP) is 2.01. The SMILES string of the molecule is Cc1c(F)cc(O)c(F)c1C1CCN1. The van der Waals surface area contributed by atoms with Crippen molar-refractivity contribution >= 4 is 0 Å². The lowest BCUT2D eigenvalue weighted by Gasteiger charge is -2.29. The molecule has 1 heterocycles. The number of rotatable bonds is 1. The van der Waals surface area contributed by atoms with E-state index in [1.54, 1.807) is 0 Å². The largest absolute Gasteiger partial charge is 0.505 e. The Morgan fingerprint density at radius 1 is 1.50 bits per heavy atom. The van der Waals surface area contributed by atoms with Gasteiger partial charge in [0.2, 0.25) is 0 Å². The maximum atomic E-state index is 13.5. The first-order chi connectivity index (χ1) is 6.61. The number of nitrogens with one attached hydrogen (secondary N) is 1. The van der Waals surface area contributed by atoms with E-state index in [9.17, 15) is 8.78 Å². The number of halogens is 2. The summed E-state index contributed by atoms with van der Waals surface area (Å²) >= 11 is 0. The van der Waals surface area contributed by atoms with E-state index >= 15 is 0 Å². The Labute approximate surface area is 80.6 Å². The van der Waals surface area contributed by atoms with Gasteiger partial charge in [-0.25, -0.2) is 8.78 Å². The Morgan fingerprint density at radius 3 is 2.64 bits per heavy atom. The van der Waals surface area contributed by atoms with Gasteiger partial charge >= 0.3 is 0 Å². The topological polar surface area (TPSA) is 32.3 Å². The second-order valence-electron chi connectivity index (χ2n) is 3.53. The molecule has 4 heteroatoms. The number of aromatic hydroxyl groups is 1. The van der Waals surface area contributed by atoms with Gasteiger partial charge in [0.1, 0.15) is 5.82 Å². The molecule has 2 nitrogen and oxygen atoms in total. The summed E-state index contributed by atoms with van der Waals surface area (Å²) in [6.45, 7) is 2.33. The fourth-order valence-corrected chi connectivity index (χ4v) is 1.67. The fraction of sp³-hybridized carbons (Fsp3) is 0.400. The Balaban J connectivity index is 2.54. The van der Waals surface area contributed by atoms with Crippen LogP contribution in [0.5, 0.6) is 5.75 Å². The standard InChI is InChI=1S/C10H11F2NO/c1-5-6(11)4-8(14)10(12)9(5)7-2-3-13-7/h4,7,13-14H,2-3H2,1H3. The molecule has 0 saturated carbocycles. The molecular weight excluding hydrogens is 188 g/mol. The summed E-state index contributed by atoms with van der Waals surface area (Å²) < 4.78 is 26.6. The van der Waals surface area contributed by atoms with Gasteiger partial charge in [-0.1, -0.05) is 0 Å². The zero-order chi connectivity index (χ0) is 10.3. The first kappa shape index (κ1) is 9.40. The molecule has 0 radical (unpaired) electrons. The van der Waals surface area contributed by atoms with Crippen LogP contribution in [0.15, 0.2) is 6.07 Å². The molecule has 0 aliphatic carbocycles. The van der Waals surface area contributed by atoms with Crippen LogP contribution in [0.2, 0.25) is 0 Å². The smallest absolute Gasteiger partial charge is 0.170 e. The van der Waals surface area contributed by atoms with Crippen molar-refractivity contribution in [3.63, 3.8) is 0 Å². The molecule has 14 heavy (non-hydrogen) atoms. The normalized spacial score (nSPS) is 20.6. The lowest BCUT2D eigenvalue weighted by molar-refractivity contribution is 0.353. The van der Waals surface area contributed by atoms with Gasteiger partial charge in [0.25, 0.3) is 0 Å². The van der Waals surface area contributed by atoms with Gasteiger partial charge in [0.05, 0.1) is 0 Å². The van der Waals surface area contributed by atoms with Gasteiger partial charge in [-0.3, -0.25) is 0 Å². The molecule has 0 amide bonds. The lowest BCUT2D eigenvalue weighted by Crippen LogP contribution is -2.36. The van der Waals surface area contributed by atoms with Crippen molar-refractivity contribution in [3.8, 4) is 5.75 Å². The number of hydrogen-bond donors (Lipinski definition) is 2. The van der Waals surface area contributed by atoms with Crippen molar-refractivity contribution in [2.45, 2.75) is 19.4 Å². The summed E-state index contributed by atoms with van der Waals surface area (Å²) in [5.41, 5.74) is 0.534. The third-order valence-electron chi connectivity index (χ3n) is 2.66. The Bertz CT molecular complexity index is 349. The van der Waals surface area contributed by atoms with Gasteiger partial charge < -0.3 is 10.4 Å². The van der Waals surface area contributed by atoms with Crippen molar-refractivity contribution in [3.05, 3.63) is 28.8 Å². The molecule has 1 aliphatic heterocycles. The highest BCUT2D eigenvalue weighted by atomic mass is 19.1. The zero-order valence-electron chi connectivity index (χ0n) is 7.77. The maximum absolute atomic E-state index is 13.5. The van der Waals surface area contributed by atoms with E-state index < -0.39 is 17.4 Å². The van der Waals surface area contributed by atoms with E-state index in [1.807, 2.05) is 0 Å². The van der Waals surface area contributed by atoms with Crippen molar-refractivity contribution in [1.82, 2.24) is 5.32 Å². The van der Waals surface area contributed by atoms with Crippen LogP contribution >= 0.6 is 0 Å². The highest BCUT2D eigenvalue weighted by Crippen LogP contribution is 2.33. The van der Waals surface area contributed by atoms with E-state index in [0.717, 1.165) is 19.0 Å². The van der Waals surface area contributed by atoms with Crippen LogP contribution in [-0.2, 0) is 0 Å². The molecule has 1 aliphatic rings. The average molecular weight is 199 g/mol. The molecule has 0 aromatic heterocycles. The summed E-state index contributed by atoms with van der Waals surface area (Å²) in [4.78, 5) is 0. The van der Waals surface area contributed by atoms with E-state index in [4.69, 9.17) is 5.11 Å². The van der Waals surface area contributed by atoms with E-state index in [-0.39, 0.29) is 17.2 Å². The minimum absolute atomic E-state index is 0.156. The number of phenols is 1. The zero-order valence-corrected chi connectivity index (χ0v) is 7.77. The third kappa shape index (κ3) is 1.26. The van der Waals surface area contributed by atoms with Gasteiger partial charge in [-0.15, -0.1) is 0 Å². The fourth-order valence-electron chi connectivity index (χ4n) is 1.67. The Kier molecular flexibility index (Phi) is 2.15. The number of hydrogen-bond acceptors (Lipinski definition) is 2. The van der Waals surface area contributed by atoms with Crippen molar-refractivity contribution in [1.29, 1.82) is 0 Å². The molecule has 0 spiro atoms. The van der Waals surface area contributed by atoms with Gasteiger partial charge in [-0.05, 0) is 25.5 Å². The summed E-state index contributed by atoms with van der Waals surface area (Å²) in [6.07, 6.45) is 0.778. The van der Waals surface area contributed by atoms with E-state index in [2.05, 4.69) is 5.32 Å². The molecule has 1 aromatic rings. The molecule has 2 rings (SSSR count). The Hall–Kier alpha value is -1.16. The van der Waals surface area contributed by atoms with Crippen LogP contribution in [0.1, 0.15) is 23.6 Å². The average Bonchev–Trinajstić information content (AvgIpc) is 2.06. The lowest BCUT2D eigenvalue weighted by atomic mass is 9.93. The molecule has 1 saturated heterocycles. The van der Waals surface area contributed by atoms with Crippen molar-refractivity contribution < 1.29 is 13.9 Å².